The van der Waals surface area contributed by atoms with Crippen LogP contribution in [-0.2, 0) is 0 Å². The number of alkyl halides is 3. The zero-order valence-electron chi connectivity index (χ0n) is 8.97. The number of benzene rings is 1. The molecule has 1 aromatic carbocycles. The van der Waals surface area contributed by atoms with E-state index in [0.717, 1.165) is 0 Å². The van der Waals surface area contributed by atoms with Crippen LogP contribution >= 0.6 is 0 Å². The van der Waals surface area contributed by atoms with Gasteiger partial charge in [0.05, 0.1) is 11.3 Å². The molecule has 0 heterocycles. The van der Waals surface area contributed by atoms with Crippen molar-refractivity contribution < 1.29 is 22.7 Å². The summed E-state index contributed by atoms with van der Waals surface area (Å²) in [6.07, 6.45) is -4.48. The van der Waals surface area contributed by atoms with Crippen molar-refractivity contribution in [3.63, 3.8) is 0 Å². The van der Waals surface area contributed by atoms with E-state index in [0.29, 0.717) is 0 Å². The van der Waals surface area contributed by atoms with E-state index in [1.807, 2.05) is 0 Å². The molecule has 1 rings (SSSR count). The molecule has 1 amide bonds. The highest BCUT2D eigenvalue weighted by Gasteiger charge is 2.29. The maximum atomic E-state index is 12.0. The van der Waals surface area contributed by atoms with Gasteiger partial charge in [0.2, 0.25) is 0 Å². The molecule has 0 unspecified atom stereocenters. The summed E-state index contributed by atoms with van der Waals surface area (Å²) in [5.74, 6) is -0.821. The molecule has 0 aliphatic carbocycles. The molecular formula is C10H11F3N2O2. The third kappa shape index (κ3) is 3.54. The minimum atomic E-state index is -4.48. The Morgan fingerprint density at radius 3 is 2.65 bits per heavy atom. The molecule has 0 spiro atoms. The second-order valence-electron chi connectivity index (χ2n) is 3.21. The molecule has 3 N–H and O–H groups in total. The van der Waals surface area contributed by atoms with Gasteiger partial charge in [-0.2, -0.15) is 13.2 Å². The first-order valence-corrected chi connectivity index (χ1v) is 4.65. The standard InChI is InChI=1S/C10H11F3N2O2/c1-15-9(16)6-3-2-4-7(14)8(6)17-5-10(11,12)13/h2-4H,5,14H2,1H3,(H,15,16). The Balaban J connectivity index is 3.00. The smallest absolute Gasteiger partial charge is 0.422 e. The van der Waals surface area contributed by atoms with Crippen LogP contribution in [0.4, 0.5) is 18.9 Å². The van der Waals surface area contributed by atoms with Crippen LogP contribution in [0.3, 0.4) is 0 Å². The predicted molar refractivity (Wildman–Crippen MR) is 55.8 cm³/mol. The minimum absolute atomic E-state index is 0.0182. The Hall–Kier alpha value is -1.92. The molecule has 0 aliphatic rings. The highest BCUT2D eigenvalue weighted by Crippen LogP contribution is 2.28. The van der Waals surface area contributed by atoms with Crippen molar-refractivity contribution in [2.24, 2.45) is 0 Å². The Morgan fingerprint density at radius 1 is 1.47 bits per heavy atom. The van der Waals surface area contributed by atoms with Gasteiger partial charge < -0.3 is 15.8 Å². The summed E-state index contributed by atoms with van der Waals surface area (Å²) >= 11 is 0. The van der Waals surface area contributed by atoms with Crippen molar-refractivity contribution >= 4 is 11.6 Å². The molecule has 17 heavy (non-hydrogen) atoms. The lowest BCUT2D eigenvalue weighted by atomic mass is 10.1. The molecule has 0 bridgehead atoms. The fourth-order valence-electron chi connectivity index (χ4n) is 1.18. The molecule has 1 aromatic rings. The van der Waals surface area contributed by atoms with Crippen LogP contribution in [0.25, 0.3) is 0 Å². The summed E-state index contributed by atoms with van der Waals surface area (Å²) in [4.78, 5) is 11.4. The molecule has 0 aromatic heterocycles. The van der Waals surface area contributed by atoms with Crippen LogP contribution in [0.2, 0.25) is 0 Å². The van der Waals surface area contributed by atoms with Gasteiger partial charge in [-0.3, -0.25) is 4.79 Å². The summed E-state index contributed by atoms with van der Waals surface area (Å²) in [5.41, 5.74) is 5.42. The van der Waals surface area contributed by atoms with Crippen LogP contribution in [-0.4, -0.2) is 25.7 Å². The van der Waals surface area contributed by atoms with Crippen molar-refractivity contribution in [3.8, 4) is 5.75 Å². The first-order chi connectivity index (χ1) is 7.85. The van der Waals surface area contributed by atoms with Crippen LogP contribution in [0.1, 0.15) is 10.4 Å². The van der Waals surface area contributed by atoms with E-state index in [-0.39, 0.29) is 17.0 Å². The highest BCUT2D eigenvalue weighted by molar-refractivity contribution is 5.98. The second-order valence-corrected chi connectivity index (χ2v) is 3.21. The van der Waals surface area contributed by atoms with Crippen molar-refractivity contribution in [3.05, 3.63) is 23.8 Å². The number of nitrogens with two attached hydrogens (primary N) is 1. The van der Waals surface area contributed by atoms with Gasteiger partial charge in [0.15, 0.2) is 12.4 Å². The zero-order valence-corrected chi connectivity index (χ0v) is 8.97. The van der Waals surface area contributed by atoms with Crippen LogP contribution in [0.5, 0.6) is 5.75 Å². The lowest BCUT2D eigenvalue weighted by molar-refractivity contribution is -0.153. The average molecular weight is 248 g/mol. The molecule has 0 radical (unpaired) electrons. The number of nitrogens with one attached hydrogen (secondary N) is 1. The number of rotatable bonds is 3. The molecule has 94 valence electrons. The maximum Gasteiger partial charge on any atom is 0.422 e. The van der Waals surface area contributed by atoms with Crippen molar-refractivity contribution in [1.82, 2.24) is 5.32 Å². The number of halogens is 3. The predicted octanol–water partition coefficient (Wildman–Crippen LogP) is 1.57. The molecular weight excluding hydrogens is 237 g/mol. The summed E-state index contributed by atoms with van der Waals surface area (Å²) in [6, 6.07) is 4.15. The third-order valence-electron chi connectivity index (χ3n) is 1.90. The van der Waals surface area contributed by atoms with Gasteiger partial charge in [-0.05, 0) is 12.1 Å². The second kappa shape index (κ2) is 4.94. The largest absolute Gasteiger partial charge is 0.481 e. The van der Waals surface area contributed by atoms with Gasteiger partial charge in [0, 0.05) is 7.05 Å². The molecule has 0 saturated heterocycles. The number of nitrogen functional groups attached to an aromatic ring is 1. The fourth-order valence-corrected chi connectivity index (χ4v) is 1.18. The Labute approximate surface area is 95.6 Å². The van der Waals surface area contributed by atoms with E-state index in [9.17, 15) is 18.0 Å². The van der Waals surface area contributed by atoms with Gasteiger partial charge in [0.25, 0.3) is 5.91 Å². The summed E-state index contributed by atoms with van der Waals surface area (Å²) < 4.78 is 40.6. The lowest BCUT2D eigenvalue weighted by Gasteiger charge is -2.14. The Morgan fingerprint density at radius 2 is 2.12 bits per heavy atom. The molecule has 0 atom stereocenters. The number of carbonyl (C=O) groups excluding carboxylic acids is 1. The molecule has 0 aliphatic heterocycles. The van der Waals surface area contributed by atoms with Crippen LogP contribution in [0.15, 0.2) is 18.2 Å². The van der Waals surface area contributed by atoms with Crippen molar-refractivity contribution in [1.29, 1.82) is 0 Å². The first-order valence-electron chi connectivity index (χ1n) is 4.65. The fraction of sp³-hybridized carbons (Fsp3) is 0.300. The van der Waals surface area contributed by atoms with E-state index >= 15 is 0 Å². The quantitative estimate of drug-likeness (QED) is 0.798. The average Bonchev–Trinajstić information content (AvgIpc) is 2.25. The minimum Gasteiger partial charge on any atom is -0.481 e. The van der Waals surface area contributed by atoms with Crippen LogP contribution in [0, 0.1) is 0 Å². The van der Waals surface area contributed by atoms with Gasteiger partial charge in [-0.1, -0.05) is 6.07 Å². The van der Waals surface area contributed by atoms with Crippen molar-refractivity contribution in [2.75, 3.05) is 19.4 Å². The van der Waals surface area contributed by atoms with Crippen molar-refractivity contribution in [2.45, 2.75) is 6.18 Å². The van der Waals surface area contributed by atoms with Gasteiger partial charge >= 0.3 is 6.18 Å². The van der Waals surface area contributed by atoms with Gasteiger partial charge in [0.1, 0.15) is 0 Å². The van der Waals surface area contributed by atoms with E-state index in [4.69, 9.17) is 5.73 Å². The van der Waals surface area contributed by atoms with E-state index in [1.165, 1.54) is 25.2 Å². The van der Waals surface area contributed by atoms with Gasteiger partial charge in [-0.15, -0.1) is 0 Å². The number of amides is 1. The highest BCUT2D eigenvalue weighted by atomic mass is 19.4. The number of anilines is 1. The van der Waals surface area contributed by atoms with E-state index in [1.54, 1.807) is 0 Å². The normalized spacial score (nSPS) is 11.1. The number of carbonyl (C=O) groups is 1. The lowest BCUT2D eigenvalue weighted by Crippen LogP contribution is -2.23. The molecule has 0 saturated carbocycles. The SMILES string of the molecule is CNC(=O)c1cccc(N)c1OCC(F)(F)F. The maximum absolute atomic E-state index is 12.0. The number of hydrogen-bond donors (Lipinski definition) is 2. The molecule has 0 fully saturated rings. The summed E-state index contributed by atoms with van der Waals surface area (Å²) in [6.45, 7) is -1.49. The Bertz CT molecular complexity index is 419. The monoisotopic (exact) mass is 248 g/mol. The number of para-hydroxylation sites is 1. The van der Waals surface area contributed by atoms with Crippen LogP contribution < -0.4 is 15.8 Å². The summed E-state index contributed by atoms with van der Waals surface area (Å²) in [5, 5.41) is 2.29. The number of ether oxygens (including phenoxy) is 1. The van der Waals surface area contributed by atoms with Gasteiger partial charge in [-0.25, -0.2) is 0 Å². The zero-order chi connectivity index (χ0) is 13.1. The van der Waals surface area contributed by atoms with E-state index in [2.05, 4.69) is 10.1 Å². The summed E-state index contributed by atoms with van der Waals surface area (Å²) in [7, 11) is 1.36. The topological polar surface area (TPSA) is 64.4 Å². The first kappa shape index (κ1) is 13.1. The third-order valence-corrected chi connectivity index (χ3v) is 1.90. The molecule has 7 heteroatoms. The Kier molecular flexibility index (Phi) is 3.82. The number of hydrogen-bond acceptors (Lipinski definition) is 3. The molecule has 4 nitrogen and oxygen atoms in total. The van der Waals surface area contributed by atoms with E-state index < -0.39 is 18.7 Å².